The Morgan fingerprint density at radius 1 is 1.50 bits per heavy atom. The van der Waals surface area contributed by atoms with E-state index in [9.17, 15) is 9.90 Å². The van der Waals surface area contributed by atoms with E-state index in [2.05, 4.69) is 16.9 Å². The second-order valence-corrected chi connectivity index (χ2v) is 4.53. The molecular formula is C15H22N2O3. The van der Waals surface area contributed by atoms with Gasteiger partial charge in [-0.25, -0.2) is 0 Å². The first-order valence-electron chi connectivity index (χ1n) is 6.69. The van der Waals surface area contributed by atoms with E-state index in [-0.39, 0.29) is 12.5 Å². The molecule has 1 amide bonds. The Hall–Kier alpha value is -1.88. The van der Waals surface area contributed by atoms with Gasteiger partial charge in [0.2, 0.25) is 5.91 Å². The molecule has 0 spiro atoms. The first-order valence-corrected chi connectivity index (χ1v) is 6.69. The Kier molecular flexibility index (Phi) is 6.73. The summed E-state index contributed by atoms with van der Waals surface area (Å²) in [6.45, 7) is 8.32. The summed E-state index contributed by atoms with van der Waals surface area (Å²) in [4.78, 5) is 15.1. The van der Waals surface area contributed by atoms with Crippen LogP contribution in [0.25, 0.3) is 0 Å². The fourth-order valence-electron chi connectivity index (χ4n) is 1.80. The van der Waals surface area contributed by atoms with Gasteiger partial charge in [-0.05, 0) is 38.3 Å². The number of unbranched alkanes of at least 4 members (excludes halogenated alkanes) is 1. The zero-order valence-electron chi connectivity index (χ0n) is 12.1. The van der Waals surface area contributed by atoms with Crippen molar-refractivity contribution in [3.8, 4) is 5.75 Å². The van der Waals surface area contributed by atoms with Crippen LogP contribution in [-0.2, 0) is 11.4 Å². The molecule has 1 heterocycles. The molecule has 5 heteroatoms. The Balaban J connectivity index is 2.39. The molecule has 0 unspecified atom stereocenters. The fourth-order valence-corrected chi connectivity index (χ4v) is 1.80. The van der Waals surface area contributed by atoms with E-state index in [0.29, 0.717) is 13.2 Å². The number of pyridine rings is 1. The quantitative estimate of drug-likeness (QED) is 0.560. The Morgan fingerprint density at radius 3 is 2.90 bits per heavy atom. The third kappa shape index (κ3) is 4.66. The average Bonchev–Trinajstić information content (AvgIpc) is 2.45. The Morgan fingerprint density at radius 2 is 2.25 bits per heavy atom. The number of rotatable bonds is 8. The lowest BCUT2D eigenvalue weighted by atomic mass is 10.1. The monoisotopic (exact) mass is 278 g/mol. The molecule has 5 nitrogen and oxygen atoms in total. The molecule has 0 aromatic carbocycles. The maximum Gasteiger partial charge on any atom is 0.243 e. The highest BCUT2D eigenvalue weighted by Gasteiger charge is 2.09. The number of nitrogens with zero attached hydrogens (tertiary/aromatic N) is 1. The summed E-state index contributed by atoms with van der Waals surface area (Å²) in [6, 6.07) is 0. The Labute approximate surface area is 119 Å². The van der Waals surface area contributed by atoms with Gasteiger partial charge in [-0.15, -0.1) is 0 Å². The minimum Gasteiger partial charge on any atom is -0.491 e. The van der Waals surface area contributed by atoms with Crippen molar-refractivity contribution in [3.63, 3.8) is 0 Å². The van der Waals surface area contributed by atoms with Gasteiger partial charge in [0.1, 0.15) is 5.75 Å². The van der Waals surface area contributed by atoms with Crippen molar-refractivity contribution >= 4 is 5.91 Å². The van der Waals surface area contributed by atoms with Crippen LogP contribution in [0.3, 0.4) is 0 Å². The molecule has 110 valence electrons. The van der Waals surface area contributed by atoms with E-state index < -0.39 is 0 Å². The summed E-state index contributed by atoms with van der Waals surface area (Å²) >= 11 is 0. The molecule has 0 bridgehead atoms. The molecule has 20 heavy (non-hydrogen) atoms. The third-order valence-corrected chi connectivity index (χ3v) is 3.04. The van der Waals surface area contributed by atoms with Gasteiger partial charge in [0.15, 0.2) is 0 Å². The molecule has 1 aromatic heterocycles. The molecule has 0 radical (unpaired) electrons. The van der Waals surface area contributed by atoms with Gasteiger partial charge in [0, 0.05) is 18.3 Å². The van der Waals surface area contributed by atoms with Gasteiger partial charge in [-0.2, -0.15) is 0 Å². The summed E-state index contributed by atoms with van der Waals surface area (Å²) in [7, 11) is 0. The number of carbonyl (C=O) groups is 1. The van der Waals surface area contributed by atoms with E-state index in [1.807, 2.05) is 13.8 Å². The summed E-state index contributed by atoms with van der Waals surface area (Å²) in [5, 5.41) is 11.9. The molecular weight excluding hydrogens is 256 g/mol. The lowest BCUT2D eigenvalue weighted by Crippen LogP contribution is -2.22. The zero-order valence-corrected chi connectivity index (χ0v) is 12.1. The van der Waals surface area contributed by atoms with Gasteiger partial charge < -0.3 is 15.2 Å². The lowest BCUT2D eigenvalue weighted by molar-refractivity contribution is -0.116. The van der Waals surface area contributed by atoms with Crippen molar-refractivity contribution in [2.24, 2.45) is 0 Å². The van der Waals surface area contributed by atoms with Crippen molar-refractivity contribution in [2.45, 2.75) is 33.3 Å². The van der Waals surface area contributed by atoms with Crippen LogP contribution < -0.4 is 10.1 Å². The number of ether oxygens (including phenoxy) is 1. The van der Waals surface area contributed by atoms with Crippen molar-refractivity contribution in [1.82, 2.24) is 10.3 Å². The third-order valence-electron chi connectivity index (χ3n) is 3.04. The van der Waals surface area contributed by atoms with Crippen LogP contribution in [0.5, 0.6) is 5.75 Å². The van der Waals surface area contributed by atoms with Crippen molar-refractivity contribution in [3.05, 3.63) is 35.7 Å². The SMILES string of the molecule is C=CC(=O)NCCCCOc1c(C)ncc(CO)c1C. The predicted molar refractivity (Wildman–Crippen MR) is 77.6 cm³/mol. The Bertz CT molecular complexity index is 472. The van der Waals surface area contributed by atoms with Crippen LogP contribution in [0.2, 0.25) is 0 Å². The first-order chi connectivity index (χ1) is 9.60. The molecule has 0 atom stereocenters. The van der Waals surface area contributed by atoms with Crippen molar-refractivity contribution < 1.29 is 14.6 Å². The first kappa shape index (κ1) is 16.2. The summed E-state index contributed by atoms with van der Waals surface area (Å²) in [6.07, 6.45) is 4.60. The minimum absolute atomic E-state index is 0.0386. The van der Waals surface area contributed by atoms with Crippen molar-refractivity contribution in [2.75, 3.05) is 13.2 Å². The van der Waals surface area contributed by atoms with E-state index in [4.69, 9.17) is 4.74 Å². The smallest absolute Gasteiger partial charge is 0.243 e. The van der Waals surface area contributed by atoms with Crippen LogP contribution in [-0.4, -0.2) is 29.1 Å². The van der Waals surface area contributed by atoms with Gasteiger partial charge in [-0.3, -0.25) is 9.78 Å². The van der Waals surface area contributed by atoms with E-state index in [1.54, 1.807) is 6.20 Å². The number of aromatic nitrogens is 1. The largest absolute Gasteiger partial charge is 0.491 e. The summed E-state index contributed by atoms with van der Waals surface area (Å²) in [5.41, 5.74) is 2.53. The molecule has 0 saturated heterocycles. The number of hydrogen-bond donors (Lipinski definition) is 2. The summed E-state index contributed by atoms with van der Waals surface area (Å²) < 4.78 is 5.74. The maximum absolute atomic E-state index is 10.9. The standard InChI is InChI=1S/C15H22N2O3/c1-4-14(19)16-7-5-6-8-20-15-11(2)13(10-18)9-17-12(15)3/h4,9,18H,1,5-8,10H2,2-3H3,(H,16,19). The highest BCUT2D eigenvalue weighted by molar-refractivity contribution is 5.86. The molecule has 0 aliphatic carbocycles. The van der Waals surface area contributed by atoms with E-state index >= 15 is 0 Å². The number of amides is 1. The van der Waals surface area contributed by atoms with Crippen LogP contribution in [0.15, 0.2) is 18.9 Å². The zero-order chi connectivity index (χ0) is 15.0. The van der Waals surface area contributed by atoms with Gasteiger partial charge >= 0.3 is 0 Å². The highest BCUT2D eigenvalue weighted by atomic mass is 16.5. The topological polar surface area (TPSA) is 71.5 Å². The highest BCUT2D eigenvalue weighted by Crippen LogP contribution is 2.24. The van der Waals surface area contributed by atoms with Gasteiger partial charge in [0.25, 0.3) is 0 Å². The number of aryl methyl sites for hydroxylation is 1. The molecule has 1 rings (SSSR count). The average molecular weight is 278 g/mol. The van der Waals surface area contributed by atoms with E-state index in [1.165, 1.54) is 6.08 Å². The number of nitrogens with one attached hydrogen (secondary N) is 1. The molecule has 0 aliphatic rings. The molecule has 0 aliphatic heterocycles. The molecule has 0 fully saturated rings. The molecule has 2 N–H and O–H groups in total. The predicted octanol–water partition coefficient (Wildman–Crippen LogP) is 1.65. The molecule has 0 saturated carbocycles. The summed E-state index contributed by atoms with van der Waals surface area (Å²) in [5.74, 6) is 0.587. The number of aliphatic hydroxyl groups excluding tert-OH is 1. The fraction of sp³-hybridized carbons (Fsp3) is 0.467. The second kappa shape index (κ2) is 8.32. The van der Waals surface area contributed by atoms with Crippen LogP contribution in [0.4, 0.5) is 0 Å². The van der Waals surface area contributed by atoms with Crippen LogP contribution in [0, 0.1) is 13.8 Å². The van der Waals surface area contributed by atoms with Gasteiger partial charge in [-0.1, -0.05) is 6.58 Å². The van der Waals surface area contributed by atoms with Crippen LogP contribution in [0.1, 0.15) is 29.7 Å². The number of hydrogen-bond acceptors (Lipinski definition) is 4. The second-order valence-electron chi connectivity index (χ2n) is 4.53. The lowest BCUT2D eigenvalue weighted by Gasteiger charge is -2.13. The van der Waals surface area contributed by atoms with Gasteiger partial charge in [0.05, 0.1) is 18.9 Å². The number of carbonyl (C=O) groups excluding carboxylic acids is 1. The minimum atomic E-state index is -0.155. The number of aliphatic hydroxyl groups is 1. The maximum atomic E-state index is 10.9. The van der Waals surface area contributed by atoms with Crippen LogP contribution >= 0.6 is 0 Å². The van der Waals surface area contributed by atoms with Crippen molar-refractivity contribution in [1.29, 1.82) is 0 Å². The normalized spacial score (nSPS) is 10.2. The van der Waals surface area contributed by atoms with E-state index in [0.717, 1.165) is 35.4 Å². The molecule has 1 aromatic rings.